The van der Waals surface area contributed by atoms with E-state index in [1.54, 1.807) is 36.4 Å². The Morgan fingerprint density at radius 3 is 1.52 bits per heavy atom. The summed E-state index contributed by atoms with van der Waals surface area (Å²) in [4.78, 5) is 10.1. The van der Waals surface area contributed by atoms with E-state index in [0.29, 0.717) is 0 Å². The molecule has 2 aromatic carbocycles. The first-order chi connectivity index (χ1) is 13.2. The average molecular weight is 378 g/mol. The van der Waals surface area contributed by atoms with E-state index in [1.807, 2.05) is 0 Å². The smallest absolute Gasteiger partial charge is 0.280 e. The Bertz CT molecular complexity index is 731. The summed E-state index contributed by atoms with van der Waals surface area (Å²) >= 11 is 0. The topological polar surface area (TPSA) is 61.6 Å². The molecule has 0 saturated heterocycles. The summed E-state index contributed by atoms with van der Waals surface area (Å²) in [6.45, 7) is -0.258. The highest BCUT2D eigenvalue weighted by atomic mass is 19.1. The fourth-order valence-electron chi connectivity index (χ4n) is 2.20. The lowest BCUT2D eigenvalue weighted by Crippen LogP contribution is -2.13. The third-order valence-corrected chi connectivity index (χ3v) is 3.39. The van der Waals surface area contributed by atoms with Crippen LogP contribution in [0.4, 0.5) is 8.78 Å². The normalized spacial score (nSPS) is 12.1. The van der Waals surface area contributed by atoms with Gasteiger partial charge < -0.3 is 19.1 Å². The zero-order chi connectivity index (χ0) is 19.5. The van der Waals surface area contributed by atoms with Crippen molar-refractivity contribution in [1.29, 1.82) is 0 Å². The molecule has 0 unspecified atom stereocenters. The van der Waals surface area contributed by atoms with Crippen LogP contribution in [0.15, 0.2) is 58.8 Å². The van der Waals surface area contributed by atoms with Crippen LogP contribution in [-0.2, 0) is 19.1 Å². The summed E-state index contributed by atoms with van der Waals surface area (Å²) in [5, 5.41) is 7.66. The van der Waals surface area contributed by atoms with Crippen LogP contribution in [0.1, 0.15) is 11.1 Å². The molecule has 8 heteroatoms. The summed E-state index contributed by atoms with van der Waals surface area (Å²) in [6, 6.07) is 12.2. The molecular formula is C19H20F2N2O4. The molecule has 2 rings (SSSR count). The molecule has 0 aromatic heterocycles. The first-order valence-corrected chi connectivity index (χ1v) is 8.02. The molecule has 0 radical (unpaired) electrons. The van der Waals surface area contributed by atoms with E-state index in [1.165, 1.54) is 26.4 Å². The van der Waals surface area contributed by atoms with Gasteiger partial charge in [0.05, 0.1) is 13.2 Å². The summed E-state index contributed by atoms with van der Waals surface area (Å²) in [5.41, 5.74) is 1.03. The minimum Gasteiger partial charge on any atom is -0.378 e. The zero-order valence-corrected chi connectivity index (χ0v) is 15.0. The molecule has 0 saturated carbocycles. The number of rotatable bonds is 10. The number of nitrogens with zero attached hydrogens (tertiary/aromatic N) is 2. The molecule has 0 aliphatic carbocycles. The van der Waals surface area contributed by atoms with Gasteiger partial charge in [0, 0.05) is 25.3 Å². The molecular weight excluding hydrogens is 358 g/mol. The van der Waals surface area contributed by atoms with Crippen molar-refractivity contribution in [3.63, 3.8) is 0 Å². The number of ether oxygens (including phenoxy) is 2. The van der Waals surface area contributed by atoms with Crippen molar-refractivity contribution in [2.75, 3.05) is 34.2 Å². The van der Waals surface area contributed by atoms with Gasteiger partial charge in [0.1, 0.15) is 23.1 Å². The largest absolute Gasteiger partial charge is 0.378 e. The standard InChI is InChI=1S/C19H20F2N2O4/c1-24-11-18(14-7-3-5-9-16(14)20)22-26-13-27-23-19(12-25-2)15-8-4-6-10-17(15)21/h3-10H,11-13H2,1-2H3/b22-18+,23-19+. The van der Waals surface area contributed by atoms with Crippen LogP contribution in [0.25, 0.3) is 0 Å². The number of hydrogen-bond acceptors (Lipinski definition) is 6. The van der Waals surface area contributed by atoms with E-state index in [2.05, 4.69) is 10.3 Å². The quantitative estimate of drug-likeness (QED) is 0.275. The minimum atomic E-state index is -0.447. The second kappa shape index (κ2) is 11.0. The second-order valence-corrected chi connectivity index (χ2v) is 5.28. The molecule has 0 spiro atoms. The predicted molar refractivity (Wildman–Crippen MR) is 96.7 cm³/mol. The summed E-state index contributed by atoms with van der Waals surface area (Å²) < 4.78 is 37.7. The van der Waals surface area contributed by atoms with E-state index in [0.717, 1.165) is 0 Å². The third-order valence-electron chi connectivity index (χ3n) is 3.39. The molecule has 0 aliphatic heterocycles. The van der Waals surface area contributed by atoms with E-state index in [-0.39, 0.29) is 42.6 Å². The van der Waals surface area contributed by atoms with Crippen molar-refractivity contribution in [1.82, 2.24) is 0 Å². The Labute approximate surface area is 156 Å². The van der Waals surface area contributed by atoms with Crippen molar-refractivity contribution in [3.05, 3.63) is 71.3 Å². The summed E-state index contributed by atoms with van der Waals surface area (Å²) in [5.74, 6) is -0.893. The van der Waals surface area contributed by atoms with E-state index < -0.39 is 11.6 Å². The minimum absolute atomic E-state index is 0.0500. The number of oxime groups is 2. The number of halogens is 2. The molecule has 0 bridgehead atoms. The van der Waals surface area contributed by atoms with Gasteiger partial charge in [0.2, 0.25) is 0 Å². The van der Waals surface area contributed by atoms with Crippen molar-refractivity contribution in [3.8, 4) is 0 Å². The van der Waals surface area contributed by atoms with E-state index in [9.17, 15) is 8.78 Å². The van der Waals surface area contributed by atoms with Gasteiger partial charge in [-0.05, 0) is 24.3 Å². The van der Waals surface area contributed by atoms with Gasteiger partial charge >= 0.3 is 0 Å². The Balaban J connectivity index is 2.02. The Morgan fingerprint density at radius 1 is 0.741 bits per heavy atom. The van der Waals surface area contributed by atoms with Gasteiger partial charge in [-0.15, -0.1) is 0 Å². The zero-order valence-electron chi connectivity index (χ0n) is 15.0. The predicted octanol–water partition coefficient (Wildman–Crippen LogP) is 3.36. The van der Waals surface area contributed by atoms with Crippen LogP contribution in [0.2, 0.25) is 0 Å². The van der Waals surface area contributed by atoms with Crippen molar-refractivity contribution in [2.45, 2.75) is 0 Å². The highest BCUT2D eigenvalue weighted by Crippen LogP contribution is 2.10. The molecule has 0 fully saturated rings. The van der Waals surface area contributed by atoms with Crippen LogP contribution >= 0.6 is 0 Å². The molecule has 144 valence electrons. The maximum absolute atomic E-state index is 13.9. The fraction of sp³-hybridized carbons (Fsp3) is 0.263. The Morgan fingerprint density at radius 2 is 1.15 bits per heavy atom. The molecule has 6 nitrogen and oxygen atoms in total. The molecule has 0 aliphatic rings. The van der Waals surface area contributed by atoms with Gasteiger partial charge in [-0.25, -0.2) is 8.78 Å². The highest BCUT2D eigenvalue weighted by Gasteiger charge is 2.11. The third kappa shape index (κ3) is 6.12. The maximum Gasteiger partial charge on any atom is 0.280 e. The van der Waals surface area contributed by atoms with Gasteiger partial charge in [0.25, 0.3) is 6.79 Å². The average Bonchev–Trinajstić information content (AvgIpc) is 2.67. The van der Waals surface area contributed by atoms with Gasteiger partial charge in [-0.3, -0.25) is 0 Å². The first-order valence-electron chi connectivity index (χ1n) is 8.02. The van der Waals surface area contributed by atoms with Crippen LogP contribution in [0.3, 0.4) is 0 Å². The van der Waals surface area contributed by atoms with Crippen LogP contribution in [0, 0.1) is 11.6 Å². The highest BCUT2D eigenvalue weighted by molar-refractivity contribution is 6.02. The molecule has 0 N–H and O–H groups in total. The molecule has 2 aromatic rings. The van der Waals surface area contributed by atoms with Crippen molar-refractivity contribution >= 4 is 11.4 Å². The number of hydrogen-bond donors (Lipinski definition) is 0. The second-order valence-electron chi connectivity index (χ2n) is 5.28. The fourth-order valence-corrected chi connectivity index (χ4v) is 2.20. The lowest BCUT2D eigenvalue weighted by atomic mass is 10.1. The van der Waals surface area contributed by atoms with Gasteiger partial charge in [0.15, 0.2) is 0 Å². The maximum atomic E-state index is 13.9. The number of benzene rings is 2. The SMILES string of the molecule is COC/C(=N\OCO/N=C(\COC)c1ccccc1F)c1ccccc1F. The summed E-state index contributed by atoms with van der Waals surface area (Å²) in [7, 11) is 2.92. The van der Waals surface area contributed by atoms with Crippen LogP contribution in [0.5, 0.6) is 0 Å². The lowest BCUT2D eigenvalue weighted by molar-refractivity contribution is -0.0514. The Kier molecular flexibility index (Phi) is 8.34. The van der Waals surface area contributed by atoms with E-state index in [4.69, 9.17) is 19.1 Å². The van der Waals surface area contributed by atoms with Crippen LogP contribution < -0.4 is 0 Å². The molecule has 0 heterocycles. The summed E-state index contributed by atoms with van der Waals surface area (Å²) in [6.07, 6.45) is 0. The molecule has 0 amide bonds. The lowest BCUT2D eigenvalue weighted by Gasteiger charge is -2.08. The monoisotopic (exact) mass is 378 g/mol. The Hall–Kier alpha value is -2.84. The number of methoxy groups -OCH3 is 2. The van der Waals surface area contributed by atoms with Crippen molar-refractivity contribution < 1.29 is 27.9 Å². The van der Waals surface area contributed by atoms with Crippen molar-refractivity contribution in [2.24, 2.45) is 10.3 Å². The van der Waals surface area contributed by atoms with E-state index >= 15 is 0 Å². The van der Waals surface area contributed by atoms with Gasteiger partial charge in [-0.1, -0.05) is 34.6 Å². The first kappa shape index (κ1) is 20.5. The van der Waals surface area contributed by atoms with Crippen LogP contribution in [-0.4, -0.2) is 45.6 Å². The molecule has 27 heavy (non-hydrogen) atoms. The van der Waals surface area contributed by atoms with Gasteiger partial charge in [-0.2, -0.15) is 0 Å². The molecule has 0 atom stereocenters.